The zero-order valence-electron chi connectivity index (χ0n) is 10.4. The third-order valence-electron chi connectivity index (χ3n) is 4.27. The van der Waals surface area contributed by atoms with Crippen LogP contribution >= 0.6 is 11.3 Å². The first kappa shape index (κ1) is 11.2. The van der Waals surface area contributed by atoms with Gasteiger partial charge in [0, 0.05) is 6.20 Å². The lowest BCUT2D eigenvalue weighted by Crippen LogP contribution is -2.12. The molecule has 2 heterocycles. The molecule has 1 amide bonds. The van der Waals surface area contributed by atoms with Gasteiger partial charge < -0.3 is 5.32 Å². The molecule has 19 heavy (non-hydrogen) atoms. The Morgan fingerprint density at radius 1 is 1.32 bits per heavy atom. The van der Waals surface area contributed by atoms with Crippen molar-refractivity contribution in [2.75, 3.05) is 5.32 Å². The highest BCUT2D eigenvalue weighted by molar-refractivity contribution is 7.12. The van der Waals surface area contributed by atoms with Gasteiger partial charge in [0.25, 0.3) is 5.91 Å². The van der Waals surface area contributed by atoms with Gasteiger partial charge in [-0.2, -0.15) is 0 Å². The van der Waals surface area contributed by atoms with Gasteiger partial charge >= 0.3 is 0 Å². The molecule has 96 valence electrons. The first-order valence-corrected chi connectivity index (χ1v) is 7.54. The fraction of sp³-hybridized carbons (Fsp3) is 0.333. The minimum absolute atomic E-state index is 0.0643. The van der Waals surface area contributed by atoms with Gasteiger partial charge in [-0.05, 0) is 59.7 Å². The van der Waals surface area contributed by atoms with Gasteiger partial charge in [-0.3, -0.25) is 4.79 Å². The molecule has 0 spiro atoms. The Morgan fingerprint density at radius 3 is 2.95 bits per heavy atom. The number of carbonyl (C=O) groups is 1. The van der Waals surface area contributed by atoms with Crippen LogP contribution in [0.2, 0.25) is 0 Å². The standard InChI is InChI=1S/C15H14N2OS/c18-15(13-2-1-5-19-13)17-14-7-11-9-3-4-10(6-9)12(11)8-16-14/h1-2,5,7-10H,3-4,6H2,(H,16,17,18). The molecule has 0 radical (unpaired) electrons. The summed E-state index contributed by atoms with van der Waals surface area (Å²) in [5.74, 6) is 2.03. The summed E-state index contributed by atoms with van der Waals surface area (Å²) in [5, 5.41) is 4.80. The molecule has 2 unspecified atom stereocenters. The number of nitrogens with zero attached hydrogens (tertiary/aromatic N) is 1. The Bertz CT molecular complexity index is 636. The van der Waals surface area contributed by atoms with Crippen molar-refractivity contribution in [2.24, 2.45) is 0 Å². The van der Waals surface area contributed by atoms with Gasteiger partial charge in [-0.15, -0.1) is 11.3 Å². The summed E-state index contributed by atoms with van der Waals surface area (Å²) in [6.45, 7) is 0. The maximum atomic E-state index is 12.0. The monoisotopic (exact) mass is 270 g/mol. The quantitative estimate of drug-likeness (QED) is 0.902. The highest BCUT2D eigenvalue weighted by atomic mass is 32.1. The van der Waals surface area contributed by atoms with Crippen LogP contribution in [-0.2, 0) is 0 Å². The van der Waals surface area contributed by atoms with E-state index in [9.17, 15) is 4.79 Å². The van der Waals surface area contributed by atoms with E-state index in [4.69, 9.17) is 0 Å². The van der Waals surface area contributed by atoms with Crippen LogP contribution in [0.25, 0.3) is 0 Å². The number of thiophene rings is 1. The predicted molar refractivity (Wildman–Crippen MR) is 75.8 cm³/mol. The van der Waals surface area contributed by atoms with Crippen LogP contribution in [0.15, 0.2) is 29.8 Å². The van der Waals surface area contributed by atoms with Gasteiger partial charge in [-0.1, -0.05) is 6.07 Å². The summed E-state index contributed by atoms with van der Waals surface area (Å²) in [7, 11) is 0. The summed E-state index contributed by atoms with van der Waals surface area (Å²) >= 11 is 1.45. The van der Waals surface area contributed by atoms with Crippen LogP contribution in [0.4, 0.5) is 5.82 Å². The van der Waals surface area contributed by atoms with E-state index in [0.717, 1.165) is 10.8 Å². The number of rotatable bonds is 2. The number of amides is 1. The second-order valence-electron chi connectivity index (χ2n) is 5.34. The molecule has 4 rings (SSSR count). The first-order valence-electron chi connectivity index (χ1n) is 6.66. The van der Waals surface area contributed by atoms with E-state index in [1.807, 2.05) is 23.7 Å². The Hall–Kier alpha value is -1.68. The number of pyridine rings is 1. The van der Waals surface area contributed by atoms with Crippen LogP contribution < -0.4 is 5.32 Å². The van der Waals surface area contributed by atoms with Crippen molar-refractivity contribution >= 4 is 23.1 Å². The molecule has 2 bridgehead atoms. The van der Waals surface area contributed by atoms with E-state index < -0.39 is 0 Å². The van der Waals surface area contributed by atoms with Crippen molar-refractivity contribution in [2.45, 2.75) is 31.1 Å². The summed E-state index contributed by atoms with van der Waals surface area (Å²) in [4.78, 5) is 17.1. The van der Waals surface area contributed by atoms with Crippen molar-refractivity contribution in [1.29, 1.82) is 0 Å². The number of hydrogen-bond donors (Lipinski definition) is 1. The molecule has 0 aliphatic heterocycles. The summed E-state index contributed by atoms with van der Waals surface area (Å²) in [6.07, 6.45) is 5.84. The van der Waals surface area contributed by atoms with Crippen molar-refractivity contribution in [3.8, 4) is 0 Å². The van der Waals surface area contributed by atoms with E-state index in [2.05, 4.69) is 16.4 Å². The molecule has 2 atom stereocenters. The largest absolute Gasteiger partial charge is 0.306 e. The normalized spacial score (nSPS) is 23.4. The molecule has 2 aliphatic carbocycles. The van der Waals surface area contributed by atoms with E-state index in [1.54, 1.807) is 0 Å². The lowest BCUT2D eigenvalue weighted by atomic mass is 9.93. The van der Waals surface area contributed by atoms with Crippen LogP contribution in [0.5, 0.6) is 0 Å². The molecule has 0 aromatic carbocycles. The zero-order valence-corrected chi connectivity index (χ0v) is 11.2. The number of anilines is 1. The molecule has 2 aliphatic rings. The van der Waals surface area contributed by atoms with Crippen LogP contribution in [0.1, 0.15) is 51.9 Å². The summed E-state index contributed by atoms with van der Waals surface area (Å²) in [5.41, 5.74) is 2.82. The molecule has 2 aromatic heterocycles. The van der Waals surface area contributed by atoms with Crippen LogP contribution in [0.3, 0.4) is 0 Å². The number of fused-ring (bicyclic) bond motifs is 5. The van der Waals surface area contributed by atoms with E-state index in [1.165, 1.54) is 41.7 Å². The first-order chi connectivity index (χ1) is 9.31. The van der Waals surface area contributed by atoms with E-state index >= 15 is 0 Å². The highest BCUT2D eigenvalue weighted by Crippen LogP contribution is 2.53. The van der Waals surface area contributed by atoms with Crippen molar-refractivity contribution in [3.05, 3.63) is 45.8 Å². The lowest BCUT2D eigenvalue weighted by molar-refractivity contribution is 0.103. The fourth-order valence-electron chi connectivity index (χ4n) is 3.38. The molecule has 1 fully saturated rings. The van der Waals surface area contributed by atoms with Crippen LogP contribution in [-0.4, -0.2) is 10.9 Å². The summed E-state index contributed by atoms with van der Waals surface area (Å²) < 4.78 is 0. The molecular formula is C15H14N2OS. The maximum Gasteiger partial charge on any atom is 0.266 e. The minimum atomic E-state index is -0.0643. The Kier molecular flexibility index (Phi) is 2.45. The maximum absolute atomic E-state index is 12.0. The lowest BCUT2D eigenvalue weighted by Gasteiger charge is -2.15. The Labute approximate surface area is 115 Å². The Balaban J connectivity index is 1.60. The average molecular weight is 270 g/mol. The van der Waals surface area contributed by atoms with Gasteiger partial charge in [-0.25, -0.2) is 4.98 Å². The molecule has 1 N–H and O–H groups in total. The van der Waals surface area contributed by atoms with Crippen molar-refractivity contribution in [1.82, 2.24) is 4.98 Å². The second kappa shape index (κ2) is 4.17. The molecule has 3 nitrogen and oxygen atoms in total. The smallest absolute Gasteiger partial charge is 0.266 e. The van der Waals surface area contributed by atoms with E-state index in [-0.39, 0.29) is 5.91 Å². The molecule has 2 aromatic rings. The van der Waals surface area contributed by atoms with Crippen molar-refractivity contribution in [3.63, 3.8) is 0 Å². The highest BCUT2D eigenvalue weighted by Gasteiger charge is 2.37. The third kappa shape index (κ3) is 1.78. The summed E-state index contributed by atoms with van der Waals surface area (Å²) in [6, 6.07) is 5.79. The minimum Gasteiger partial charge on any atom is -0.306 e. The average Bonchev–Trinajstić information content (AvgIpc) is 3.16. The van der Waals surface area contributed by atoms with Gasteiger partial charge in [0.05, 0.1) is 4.88 Å². The topological polar surface area (TPSA) is 42.0 Å². The molecule has 1 saturated carbocycles. The number of aromatic nitrogens is 1. The predicted octanol–water partition coefficient (Wildman–Crippen LogP) is 3.76. The third-order valence-corrected chi connectivity index (χ3v) is 5.14. The SMILES string of the molecule is O=C(Nc1cc2c(cn1)C1CCC2C1)c1cccs1. The molecule has 4 heteroatoms. The second-order valence-corrected chi connectivity index (χ2v) is 6.28. The number of carbonyl (C=O) groups excluding carboxylic acids is 1. The fourth-order valence-corrected chi connectivity index (χ4v) is 4.00. The Morgan fingerprint density at radius 2 is 2.16 bits per heavy atom. The van der Waals surface area contributed by atoms with Gasteiger partial charge in [0.2, 0.25) is 0 Å². The van der Waals surface area contributed by atoms with Gasteiger partial charge in [0.15, 0.2) is 0 Å². The zero-order chi connectivity index (χ0) is 12.8. The van der Waals surface area contributed by atoms with Crippen molar-refractivity contribution < 1.29 is 4.79 Å². The van der Waals surface area contributed by atoms with Crippen LogP contribution in [0, 0.1) is 0 Å². The number of nitrogens with one attached hydrogen (secondary N) is 1. The van der Waals surface area contributed by atoms with Gasteiger partial charge in [0.1, 0.15) is 5.82 Å². The number of hydrogen-bond acceptors (Lipinski definition) is 3. The van der Waals surface area contributed by atoms with E-state index in [0.29, 0.717) is 11.7 Å². The molecular weight excluding hydrogens is 256 g/mol. The molecule has 0 saturated heterocycles.